The number of aryl methyl sites for hydroxylation is 1. The summed E-state index contributed by atoms with van der Waals surface area (Å²) in [6.07, 6.45) is -3.96. The molecule has 0 radical (unpaired) electrons. The van der Waals surface area contributed by atoms with E-state index in [0.29, 0.717) is 5.56 Å². The monoisotopic (exact) mass is 383 g/mol. The van der Waals surface area contributed by atoms with Crippen LogP contribution in [0, 0.1) is 6.92 Å². The van der Waals surface area contributed by atoms with Crippen molar-refractivity contribution in [3.05, 3.63) is 30.4 Å². The number of rotatable bonds is 4. The van der Waals surface area contributed by atoms with Gasteiger partial charge in [0.25, 0.3) is 0 Å². The lowest BCUT2D eigenvalue weighted by Gasteiger charge is -2.26. The molecule has 26 heavy (non-hydrogen) atoms. The van der Waals surface area contributed by atoms with Gasteiger partial charge in [0.15, 0.2) is 5.82 Å². The zero-order chi connectivity index (χ0) is 19.8. The SMILES string of the molecule is Cc1nc(NC(=O)C(F)(F)C(F)(F)C(F)(F)F)nc(-c2ccncc2)n1. The van der Waals surface area contributed by atoms with Crippen molar-refractivity contribution in [3.63, 3.8) is 0 Å². The number of hydrogen-bond donors (Lipinski definition) is 1. The molecule has 1 N–H and O–H groups in total. The Kier molecular flexibility index (Phi) is 4.84. The lowest BCUT2D eigenvalue weighted by Crippen LogP contribution is -2.57. The van der Waals surface area contributed by atoms with Crippen LogP contribution in [0.2, 0.25) is 0 Å². The molecule has 6 nitrogen and oxygen atoms in total. The van der Waals surface area contributed by atoms with E-state index < -0.39 is 29.9 Å². The smallest absolute Gasteiger partial charge is 0.289 e. The molecule has 0 bridgehead atoms. The molecule has 0 saturated carbocycles. The van der Waals surface area contributed by atoms with E-state index in [0.717, 1.165) is 5.32 Å². The van der Waals surface area contributed by atoms with Crippen molar-refractivity contribution in [2.75, 3.05) is 5.32 Å². The molecule has 2 aromatic rings. The van der Waals surface area contributed by atoms with Gasteiger partial charge in [-0.05, 0) is 19.1 Å². The molecule has 1 amide bonds. The number of nitrogens with one attached hydrogen (secondary N) is 1. The Labute approximate surface area is 140 Å². The Morgan fingerprint density at radius 1 is 0.962 bits per heavy atom. The van der Waals surface area contributed by atoms with Crippen LogP contribution in [0.4, 0.5) is 36.7 Å². The highest BCUT2D eigenvalue weighted by Gasteiger charge is 2.76. The van der Waals surface area contributed by atoms with Crippen LogP contribution in [-0.2, 0) is 4.79 Å². The highest BCUT2D eigenvalue weighted by atomic mass is 19.4. The maximum atomic E-state index is 13.3. The average Bonchev–Trinajstić information content (AvgIpc) is 2.53. The summed E-state index contributed by atoms with van der Waals surface area (Å²) in [5.41, 5.74) is 0.313. The summed E-state index contributed by atoms with van der Waals surface area (Å²) in [6, 6.07) is 2.82. The predicted molar refractivity (Wildman–Crippen MR) is 72.4 cm³/mol. The predicted octanol–water partition coefficient (Wildman–Crippen LogP) is 3.01. The van der Waals surface area contributed by atoms with Gasteiger partial charge in [0.05, 0.1) is 0 Å². The molecule has 0 saturated heterocycles. The molecule has 0 aromatic carbocycles. The molecule has 2 heterocycles. The summed E-state index contributed by atoms with van der Waals surface area (Å²) < 4.78 is 88.8. The Morgan fingerprint density at radius 2 is 1.54 bits per heavy atom. The van der Waals surface area contributed by atoms with Crippen LogP contribution in [0.1, 0.15) is 5.82 Å². The Morgan fingerprint density at radius 3 is 2.08 bits per heavy atom. The number of hydrogen-bond acceptors (Lipinski definition) is 5. The Balaban J connectivity index is 2.34. The van der Waals surface area contributed by atoms with E-state index in [2.05, 4.69) is 19.9 Å². The molecule has 0 aliphatic carbocycles. The van der Waals surface area contributed by atoms with Gasteiger partial charge >= 0.3 is 23.9 Å². The zero-order valence-corrected chi connectivity index (χ0v) is 12.7. The molecule has 0 aliphatic rings. The van der Waals surface area contributed by atoms with Gasteiger partial charge < -0.3 is 0 Å². The average molecular weight is 383 g/mol. The molecule has 0 spiro atoms. The van der Waals surface area contributed by atoms with E-state index >= 15 is 0 Å². The van der Waals surface area contributed by atoms with E-state index in [4.69, 9.17) is 0 Å². The number of pyridine rings is 1. The van der Waals surface area contributed by atoms with Crippen molar-refractivity contribution in [2.45, 2.75) is 24.9 Å². The number of amides is 1. The van der Waals surface area contributed by atoms with Crippen LogP contribution < -0.4 is 5.32 Å². The quantitative estimate of drug-likeness (QED) is 0.821. The largest absolute Gasteiger partial charge is 0.460 e. The minimum Gasteiger partial charge on any atom is -0.289 e. The van der Waals surface area contributed by atoms with E-state index in [1.54, 1.807) is 0 Å². The Bertz CT molecular complexity index is 810. The first-order valence-corrected chi connectivity index (χ1v) is 6.63. The van der Waals surface area contributed by atoms with Crippen molar-refractivity contribution >= 4 is 11.9 Å². The van der Waals surface area contributed by atoms with Crippen LogP contribution in [0.15, 0.2) is 24.5 Å². The minimum atomic E-state index is -6.63. The second-order valence-electron chi connectivity index (χ2n) is 4.87. The number of aromatic nitrogens is 4. The molecular formula is C13H8F7N5O. The standard InChI is InChI=1S/C13H8F7N5O/c1-6-22-8(7-2-4-21-5-3-7)24-10(23-6)25-9(26)11(14,15)12(16,17)13(18,19)20/h2-5H,1H3,(H,22,23,24,25,26). The number of halogens is 7. The Hall–Kier alpha value is -2.86. The molecular weight excluding hydrogens is 375 g/mol. The normalized spacial score (nSPS) is 12.8. The zero-order valence-electron chi connectivity index (χ0n) is 12.7. The summed E-state index contributed by atoms with van der Waals surface area (Å²) in [5, 5.41) is 1.16. The topological polar surface area (TPSA) is 80.7 Å². The van der Waals surface area contributed by atoms with Crippen LogP contribution in [-0.4, -0.2) is 43.9 Å². The maximum Gasteiger partial charge on any atom is 0.460 e. The van der Waals surface area contributed by atoms with Crippen molar-refractivity contribution in [1.29, 1.82) is 0 Å². The summed E-state index contributed by atoms with van der Waals surface area (Å²) in [6.45, 7) is 1.27. The molecule has 0 aliphatic heterocycles. The van der Waals surface area contributed by atoms with E-state index in [1.165, 1.54) is 31.5 Å². The van der Waals surface area contributed by atoms with Gasteiger partial charge in [-0.2, -0.15) is 40.7 Å². The van der Waals surface area contributed by atoms with Crippen LogP contribution in [0.25, 0.3) is 11.4 Å². The van der Waals surface area contributed by atoms with E-state index in [9.17, 15) is 35.5 Å². The minimum absolute atomic E-state index is 0.104. The number of alkyl halides is 7. The van der Waals surface area contributed by atoms with Crippen molar-refractivity contribution in [2.24, 2.45) is 0 Å². The lowest BCUT2D eigenvalue weighted by atomic mass is 10.1. The highest BCUT2D eigenvalue weighted by molar-refractivity contribution is 5.95. The molecule has 0 unspecified atom stereocenters. The second kappa shape index (κ2) is 6.46. The summed E-state index contributed by atoms with van der Waals surface area (Å²) in [5.74, 6) is -16.7. The van der Waals surface area contributed by atoms with Gasteiger partial charge in [-0.25, -0.2) is 4.98 Å². The van der Waals surface area contributed by atoms with E-state index in [1.807, 2.05) is 0 Å². The van der Waals surface area contributed by atoms with Crippen molar-refractivity contribution in [1.82, 2.24) is 19.9 Å². The van der Waals surface area contributed by atoms with Gasteiger partial charge in [0.2, 0.25) is 5.95 Å². The summed E-state index contributed by atoms with van der Waals surface area (Å²) in [7, 11) is 0. The first-order valence-electron chi connectivity index (χ1n) is 6.63. The molecule has 2 aromatic heterocycles. The van der Waals surface area contributed by atoms with Crippen molar-refractivity contribution in [3.8, 4) is 11.4 Å². The fourth-order valence-electron chi connectivity index (χ4n) is 1.67. The number of carbonyl (C=O) groups excluding carboxylic acids is 1. The molecule has 2 rings (SSSR count). The van der Waals surface area contributed by atoms with E-state index in [-0.39, 0.29) is 11.6 Å². The fraction of sp³-hybridized carbons (Fsp3) is 0.308. The van der Waals surface area contributed by atoms with Crippen LogP contribution in [0.5, 0.6) is 0 Å². The van der Waals surface area contributed by atoms with Gasteiger partial charge in [-0.3, -0.25) is 15.1 Å². The first-order chi connectivity index (χ1) is 11.9. The van der Waals surface area contributed by atoms with Gasteiger partial charge in [-0.15, -0.1) is 0 Å². The number of anilines is 1. The summed E-state index contributed by atoms with van der Waals surface area (Å²) in [4.78, 5) is 25.9. The lowest BCUT2D eigenvalue weighted by molar-refractivity contribution is -0.343. The highest BCUT2D eigenvalue weighted by Crippen LogP contribution is 2.46. The van der Waals surface area contributed by atoms with Gasteiger partial charge in [0, 0.05) is 18.0 Å². The second-order valence-corrected chi connectivity index (χ2v) is 4.87. The molecule has 0 fully saturated rings. The maximum absolute atomic E-state index is 13.3. The van der Waals surface area contributed by atoms with Gasteiger partial charge in [-0.1, -0.05) is 0 Å². The third kappa shape index (κ3) is 3.55. The summed E-state index contributed by atoms with van der Waals surface area (Å²) >= 11 is 0. The fourth-order valence-corrected chi connectivity index (χ4v) is 1.67. The van der Waals surface area contributed by atoms with Gasteiger partial charge in [0.1, 0.15) is 5.82 Å². The number of carbonyl (C=O) groups is 1. The third-order valence-electron chi connectivity index (χ3n) is 2.95. The van der Waals surface area contributed by atoms with Crippen molar-refractivity contribution < 1.29 is 35.5 Å². The number of nitrogens with zero attached hydrogens (tertiary/aromatic N) is 4. The molecule has 140 valence electrons. The van der Waals surface area contributed by atoms with Crippen LogP contribution in [0.3, 0.4) is 0 Å². The molecule has 0 atom stereocenters. The third-order valence-corrected chi connectivity index (χ3v) is 2.95. The first kappa shape index (κ1) is 19.5. The van der Waals surface area contributed by atoms with Crippen LogP contribution >= 0.6 is 0 Å². The molecule has 13 heteroatoms.